The van der Waals surface area contributed by atoms with Gasteiger partial charge in [-0.25, -0.2) is 4.79 Å². The van der Waals surface area contributed by atoms with Gasteiger partial charge in [-0.15, -0.1) is 5.11 Å². The average molecular weight is 452 g/mol. The number of benzene rings is 4. The predicted molar refractivity (Wildman–Crippen MR) is 138 cm³/mol. The fourth-order valence-electron chi connectivity index (χ4n) is 3.87. The summed E-state index contributed by atoms with van der Waals surface area (Å²) in [4.78, 5) is 12.6. The fourth-order valence-corrected chi connectivity index (χ4v) is 3.87. The Morgan fingerprint density at radius 2 is 1.56 bits per heavy atom. The van der Waals surface area contributed by atoms with E-state index in [-0.39, 0.29) is 0 Å². The molecule has 0 atom stereocenters. The molecular weight excluding hydrogens is 422 g/mol. The summed E-state index contributed by atoms with van der Waals surface area (Å²) < 4.78 is 5.56. The number of aryl methyl sites for hydroxylation is 2. The van der Waals surface area contributed by atoms with Crippen LogP contribution in [0, 0.1) is 6.92 Å². The third kappa shape index (κ3) is 5.49. The molecular formula is C29H29N3O2. The Hall–Kier alpha value is -3.99. The van der Waals surface area contributed by atoms with Crippen molar-refractivity contribution in [1.82, 2.24) is 0 Å². The highest BCUT2D eigenvalue weighted by Gasteiger charge is 2.11. The lowest BCUT2D eigenvalue weighted by atomic mass is 10.1. The normalized spacial score (nSPS) is 11.2. The van der Waals surface area contributed by atoms with E-state index in [0.29, 0.717) is 22.7 Å². The molecule has 5 nitrogen and oxygen atoms in total. The van der Waals surface area contributed by atoms with E-state index >= 15 is 0 Å². The Balaban J connectivity index is 1.45. The Labute approximate surface area is 200 Å². The molecule has 2 N–H and O–H groups in total. The number of azo groups is 1. The van der Waals surface area contributed by atoms with Gasteiger partial charge in [0.2, 0.25) is 0 Å². The summed E-state index contributed by atoms with van der Waals surface area (Å²) in [6.45, 7) is 4.10. The van der Waals surface area contributed by atoms with Crippen LogP contribution < -0.4 is 10.5 Å². The summed E-state index contributed by atoms with van der Waals surface area (Å²) >= 11 is 0. The van der Waals surface area contributed by atoms with E-state index in [4.69, 9.17) is 10.5 Å². The highest BCUT2D eigenvalue weighted by Crippen LogP contribution is 2.32. The molecule has 34 heavy (non-hydrogen) atoms. The van der Waals surface area contributed by atoms with Crippen LogP contribution in [0.3, 0.4) is 0 Å². The monoisotopic (exact) mass is 451 g/mol. The van der Waals surface area contributed by atoms with Crippen molar-refractivity contribution in [3.05, 3.63) is 95.6 Å². The van der Waals surface area contributed by atoms with Gasteiger partial charge >= 0.3 is 5.97 Å². The zero-order chi connectivity index (χ0) is 23.9. The van der Waals surface area contributed by atoms with Crippen molar-refractivity contribution in [2.45, 2.75) is 39.5 Å². The van der Waals surface area contributed by atoms with Crippen LogP contribution in [0.1, 0.15) is 47.7 Å². The Morgan fingerprint density at radius 1 is 0.853 bits per heavy atom. The largest absolute Gasteiger partial charge is 0.423 e. The van der Waals surface area contributed by atoms with Gasteiger partial charge in [0.1, 0.15) is 5.75 Å². The van der Waals surface area contributed by atoms with E-state index < -0.39 is 5.97 Å². The summed E-state index contributed by atoms with van der Waals surface area (Å²) in [5.74, 6) is 0.149. The van der Waals surface area contributed by atoms with Gasteiger partial charge in [0.25, 0.3) is 0 Å². The molecule has 0 radical (unpaired) electrons. The first-order valence-corrected chi connectivity index (χ1v) is 11.7. The third-order valence-corrected chi connectivity index (χ3v) is 5.84. The van der Waals surface area contributed by atoms with Gasteiger partial charge in [0.05, 0.1) is 16.9 Å². The van der Waals surface area contributed by atoms with Gasteiger partial charge in [0.15, 0.2) is 0 Å². The van der Waals surface area contributed by atoms with Gasteiger partial charge in [-0.1, -0.05) is 56.2 Å². The van der Waals surface area contributed by atoms with Gasteiger partial charge in [-0.3, -0.25) is 0 Å². The first-order chi connectivity index (χ1) is 16.5. The van der Waals surface area contributed by atoms with Crippen LogP contribution in [0.15, 0.2) is 89.1 Å². The summed E-state index contributed by atoms with van der Waals surface area (Å²) in [6, 6.07) is 24.6. The van der Waals surface area contributed by atoms with Crippen LogP contribution in [0.5, 0.6) is 5.75 Å². The molecule has 172 valence electrons. The van der Waals surface area contributed by atoms with E-state index in [2.05, 4.69) is 17.2 Å². The number of nitrogens with zero attached hydrogens (tertiary/aromatic N) is 2. The van der Waals surface area contributed by atoms with E-state index in [1.54, 1.807) is 18.2 Å². The lowest BCUT2D eigenvalue weighted by Crippen LogP contribution is -2.08. The molecule has 0 spiro atoms. The molecule has 0 unspecified atom stereocenters. The summed E-state index contributed by atoms with van der Waals surface area (Å²) in [5, 5.41) is 10.7. The van der Waals surface area contributed by atoms with Crippen molar-refractivity contribution in [3.63, 3.8) is 0 Å². The topological polar surface area (TPSA) is 77.0 Å². The molecule has 0 heterocycles. The maximum atomic E-state index is 12.6. The molecule has 4 rings (SSSR count). The molecule has 0 aliphatic rings. The highest BCUT2D eigenvalue weighted by atomic mass is 16.5. The molecule has 0 bridgehead atoms. The number of hydrogen-bond donors (Lipinski definition) is 1. The van der Waals surface area contributed by atoms with Gasteiger partial charge < -0.3 is 10.5 Å². The van der Waals surface area contributed by atoms with Crippen LogP contribution in [0.2, 0.25) is 0 Å². The third-order valence-electron chi connectivity index (χ3n) is 5.84. The molecule has 0 saturated heterocycles. The Kier molecular flexibility index (Phi) is 7.33. The molecule has 4 aromatic rings. The van der Waals surface area contributed by atoms with Crippen molar-refractivity contribution in [3.8, 4) is 5.75 Å². The molecule has 0 amide bonds. The number of nitrogen functional groups attached to an aromatic ring is 1. The van der Waals surface area contributed by atoms with Crippen molar-refractivity contribution in [1.29, 1.82) is 0 Å². The number of unbranched alkanes of at least 4 members (excludes halogenated alkanes) is 2. The number of fused-ring (bicyclic) bond motifs is 1. The molecule has 4 aromatic carbocycles. The van der Waals surface area contributed by atoms with Crippen LogP contribution >= 0.6 is 0 Å². The zero-order valence-electron chi connectivity index (χ0n) is 19.6. The van der Waals surface area contributed by atoms with E-state index in [1.165, 1.54) is 24.8 Å². The SMILES string of the molecule is CCCCCc1ccc(OC(=O)c2ccc(/N=N/c3ccc(N)c4ccccc34)c(C)c2)cc1. The Morgan fingerprint density at radius 3 is 2.29 bits per heavy atom. The smallest absolute Gasteiger partial charge is 0.343 e. The van der Waals surface area contributed by atoms with Crippen molar-refractivity contribution < 1.29 is 9.53 Å². The first-order valence-electron chi connectivity index (χ1n) is 11.7. The van der Waals surface area contributed by atoms with E-state index in [0.717, 1.165) is 28.4 Å². The van der Waals surface area contributed by atoms with Crippen LogP contribution in [-0.2, 0) is 6.42 Å². The van der Waals surface area contributed by atoms with E-state index in [9.17, 15) is 4.79 Å². The number of carbonyl (C=O) groups is 1. The second-order valence-corrected chi connectivity index (χ2v) is 8.41. The maximum absolute atomic E-state index is 12.6. The van der Waals surface area contributed by atoms with Crippen LogP contribution in [-0.4, -0.2) is 5.97 Å². The molecule has 0 aliphatic heterocycles. The number of rotatable bonds is 8. The molecule has 5 heteroatoms. The zero-order valence-corrected chi connectivity index (χ0v) is 19.6. The second kappa shape index (κ2) is 10.8. The average Bonchev–Trinajstić information content (AvgIpc) is 2.85. The number of esters is 1. The van der Waals surface area contributed by atoms with Crippen LogP contribution in [0.25, 0.3) is 10.8 Å². The van der Waals surface area contributed by atoms with Crippen molar-refractivity contribution in [2.75, 3.05) is 5.73 Å². The van der Waals surface area contributed by atoms with Crippen molar-refractivity contribution in [2.24, 2.45) is 10.2 Å². The van der Waals surface area contributed by atoms with Crippen molar-refractivity contribution >= 4 is 33.8 Å². The van der Waals surface area contributed by atoms with Gasteiger partial charge in [-0.05, 0) is 73.4 Å². The molecule has 0 saturated carbocycles. The first kappa shape index (κ1) is 23.2. The summed E-state index contributed by atoms with van der Waals surface area (Å²) in [5.41, 5.74) is 10.8. The molecule has 0 aliphatic carbocycles. The number of anilines is 1. The highest BCUT2D eigenvalue weighted by molar-refractivity contribution is 6.00. The van der Waals surface area contributed by atoms with Crippen LogP contribution in [0.4, 0.5) is 17.1 Å². The number of nitrogens with two attached hydrogens (primary N) is 1. The molecule has 0 aromatic heterocycles. The number of carbonyl (C=O) groups excluding carboxylic acids is 1. The van der Waals surface area contributed by atoms with Gasteiger partial charge in [0, 0.05) is 16.5 Å². The van der Waals surface area contributed by atoms with Gasteiger partial charge in [-0.2, -0.15) is 5.11 Å². The minimum atomic E-state index is -0.394. The predicted octanol–water partition coefficient (Wildman–Crippen LogP) is 8.10. The summed E-state index contributed by atoms with van der Waals surface area (Å²) in [7, 11) is 0. The minimum absolute atomic E-state index is 0.394. The van der Waals surface area contributed by atoms with E-state index in [1.807, 2.05) is 67.6 Å². The fraction of sp³-hybridized carbons (Fsp3) is 0.207. The second-order valence-electron chi connectivity index (χ2n) is 8.41. The maximum Gasteiger partial charge on any atom is 0.343 e. The quantitative estimate of drug-likeness (QED) is 0.0966. The minimum Gasteiger partial charge on any atom is -0.423 e. The lowest BCUT2D eigenvalue weighted by molar-refractivity contribution is 0.0734. The standard InChI is InChI=1S/C29H29N3O2/c1-3-4-5-8-21-11-14-23(15-12-21)34-29(33)22-13-17-27(20(2)19-22)31-32-28-18-16-26(30)24-9-6-7-10-25(24)28/h6-7,9-19H,3-5,8,30H2,1-2H3/b32-31+. The molecule has 0 fully saturated rings. The lowest BCUT2D eigenvalue weighted by Gasteiger charge is -2.08. The summed E-state index contributed by atoms with van der Waals surface area (Å²) in [6.07, 6.45) is 4.65. The number of hydrogen-bond acceptors (Lipinski definition) is 5. The Bertz CT molecular complexity index is 1330. The number of ether oxygens (including phenoxy) is 1.